The van der Waals surface area contributed by atoms with Gasteiger partial charge in [0.05, 0.1) is 11.5 Å². The number of carbonyl (C=O) groups is 1. The summed E-state index contributed by atoms with van der Waals surface area (Å²) in [6, 6.07) is 3.05. The van der Waals surface area contributed by atoms with E-state index in [0.29, 0.717) is 22.1 Å². The molecule has 1 aliphatic heterocycles. The first kappa shape index (κ1) is 13.4. The van der Waals surface area contributed by atoms with Crippen LogP contribution in [0.4, 0.5) is 11.4 Å². The molecule has 0 aliphatic carbocycles. The molecule has 0 N–H and O–H groups in total. The second-order valence-electron chi connectivity index (χ2n) is 3.61. The number of nitrogens with zero attached hydrogens (tertiary/aromatic N) is 2. The van der Waals surface area contributed by atoms with Gasteiger partial charge in [-0.1, -0.05) is 15.9 Å². The number of nitro benzene ring substituents is 1. The van der Waals surface area contributed by atoms with E-state index in [1.165, 1.54) is 11.0 Å². The quantitative estimate of drug-likeness (QED) is 0.584. The van der Waals surface area contributed by atoms with E-state index in [0.717, 1.165) is 0 Å². The molecule has 1 heterocycles. The summed E-state index contributed by atoms with van der Waals surface area (Å²) in [4.78, 5) is 23.7. The fraction of sp³-hybridized carbons (Fsp3) is 0.300. The van der Waals surface area contributed by atoms with Gasteiger partial charge in [-0.3, -0.25) is 14.9 Å². The number of rotatable bonds is 2. The number of carbonyl (C=O) groups excluding carboxylic acids is 1. The van der Waals surface area contributed by atoms with Crippen molar-refractivity contribution in [3.05, 3.63) is 31.2 Å². The molecule has 0 aromatic heterocycles. The fourth-order valence-corrected chi connectivity index (χ4v) is 3.13. The smallest absolute Gasteiger partial charge is 0.295 e. The number of benzene rings is 1. The summed E-state index contributed by atoms with van der Waals surface area (Å²) in [5.41, 5.74) is 0.156. The van der Waals surface area contributed by atoms with Crippen LogP contribution in [0.15, 0.2) is 21.1 Å². The minimum absolute atomic E-state index is 0.0559. The Labute approximate surface area is 119 Å². The molecule has 0 saturated carbocycles. The summed E-state index contributed by atoms with van der Waals surface area (Å²) in [5.74, 6) is -0.285. The molecule has 0 radical (unpaired) electrons. The normalized spacial score (nSPS) is 15.9. The summed E-state index contributed by atoms with van der Waals surface area (Å²) in [6.45, 7) is 0.616. The molecule has 0 spiro atoms. The number of ether oxygens (including phenoxy) is 1. The van der Waals surface area contributed by atoms with E-state index in [2.05, 4.69) is 31.9 Å². The van der Waals surface area contributed by atoms with Crippen molar-refractivity contribution in [3.8, 4) is 0 Å². The van der Waals surface area contributed by atoms with Gasteiger partial charge >= 0.3 is 0 Å². The van der Waals surface area contributed by atoms with Crippen molar-refractivity contribution in [1.82, 2.24) is 0 Å². The molecular formula is C10H8Br2N2O4. The number of anilines is 1. The second kappa shape index (κ2) is 5.33. The van der Waals surface area contributed by atoms with Gasteiger partial charge in [-0.05, 0) is 22.0 Å². The van der Waals surface area contributed by atoms with Crippen LogP contribution in [0.2, 0.25) is 0 Å². The summed E-state index contributed by atoms with van der Waals surface area (Å²) >= 11 is 6.45. The molecule has 1 fully saturated rings. The summed E-state index contributed by atoms with van der Waals surface area (Å²) in [5, 5.41) is 11.1. The number of hydrogen-bond acceptors (Lipinski definition) is 4. The third kappa shape index (κ3) is 2.55. The first-order chi connectivity index (χ1) is 8.50. The van der Waals surface area contributed by atoms with Gasteiger partial charge in [0, 0.05) is 21.6 Å². The van der Waals surface area contributed by atoms with E-state index >= 15 is 0 Å². The molecule has 0 bridgehead atoms. The van der Waals surface area contributed by atoms with Crippen LogP contribution in [0, 0.1) is 10.1 Å². The molecule has 1 aromatic rings. The van der Waals surface area contributed by atoms with Crippen LogP contribution >= 0.6 is 31.9 Å². The average molecular weight is 380 g/mol. The lowest BCUT2D eigenvalue weighted by atomic mass is 10.2. The van der Waals surface area contributed by atoms with Gasteiger partial charge in [-0.15, -0.1) is 0 Å². The van der Waals surface area contributed by atoms with Crippen molar-refractivity contribution in [3.63, 3.8) is 0 Å². The number of hydrogen-bond donors (Lipinski definition) is 0. The first-order valence-electron chi connectivity index (χ1n) is 5.02. The molecule has 1 aromatic carbocycles. The Bertz CT molecular complexity index is 521. The van der Waals surface area contributed by atoms with Crippen LogP contribution in [0.25, 0.3) is 0 Å². The lowest BCUT2D eigenvalue weighted by molar-refractivity contribution is -0.384. The molecule has 6 nitrogen and oxygen atoms in total. The van der Waals surface area contributed by atoms with E-state index in [1.807, 2.05) is 0 Å². The Kier molecular flexibility index (Phi) is 3.98. The highest BCUT2D eigenvalue weighted by molar-refractivity contribution is 9.11. The third-order valence-electron chi connectivity index (χ3n) is 2.46. The number of amides is 1. The largest absolute Gasteiger partial charge is 0.370 e. The van der Waals surface area contributed by atoms with Gasteiger partial charge in [0.15, 0.2) is 0 Å². The molecule has 1 saturated heterocycles. The van der Waals surface area contributed by atoms with Crippen LogP contribution in [-0.4, -0.2) is 30.6 Å². The van der Waals surface area contributed by atoms with E-state index in [4.69, 9.17) is 4.74 Å². The van der Waals surface area contributed by atoms with Gasteiger partial charge < -0.3 is 9.64 Å². The minimum Gasteiger partial charge on any atom is -0.370 e. The SMILES string of the molecule is O=C1COCCN1c1c(Br)cc(Br)cc1[N+](=O)[O-]. The van der Waals surface area contributed by atoms with Crippen LogP contribution < -0.4 is 4.90 Å². The maximum atomic E-state index is 11.8. The molecule has 18 heavy (non-hydrogen) atoms. The van der Waals surface area contributed by atoms with Crippen molar-refractivity contribution in [2.45, 2.75) is 0 Å². The molecule has 0 atom stereocenters. The maximum Gasteiger partial charge on any atom is 0.295 e. The topological polar surface area (TPSA) is 72.7 Å². The first-order valence-corrected chi connectivity index (χ1v) is 6.61. The number of halogens is 2. The highest BCUT2D eigenvalue weighted by Gasteiger charge is 2.29. The fourth-order valence-electron chi connectivity index (χ4n) is 1.71. The Morgan fingerprint density at radius 1 is 1.39 bits per heavy atom. The molecule has 8 heteroatoms. The molecule has 0 unspecified atom stereocenters. The van der Waals surface area contributed by atoms with Gasteiger partial charge in [0.2, 0.25) is 0 Å². The molecule has 1 aliphatic rings. The third-order valence-corrected chi connectivity index (χ3v) is 3.52. The lowest BCUT2D eigenvalue weighted by Gasteiger charge is -2.27. The van der Waals surface area contributed by atoms with Gasteiger partial charge in [0.1, 0.15) is 12.3 Å². The van der Waals surface area contributed by atoms with Crippen LogP contribution in [0.3, 0.4) is 0 Å². The van der Waals surface area contributed by atoms with Crippen molar-refractivity contribution in [1.29, 1.82) is 0 Å². The summed E-state index contributed by atoms with van der Waals surface area (Å²) in [7, 11) is 0. The standard InChI is InChI=1S/C10H8Br2N2O4/c11-6-3-7(12)10(8(4-6)14(16)17)13-1-2-18-5-9(13)15/h3-4H,1-2,5H2. The minimum atomic E-state index is -0.506. The van der Waals surface area contributed by atoms with Gasteiger partial charge in [-0.2, -0.15) is 0 Å². The van der Waals surface area contributed by atoms with Crippen LogP contribution in [0.5, 0.6) is 0 Å². The zero-order chi connectivity index (χ0) is 13.3. The van der Waals surface area contributed by atoms with Gasteiger partial charge in [0.25, 0.3) is 11.6 Å². The summed E-state index contributed by atoms with van der Waals surface area (Å²) < 4.78 is 6.09. The predicted octanol–water partition coefficient (Wildman–Crippen LogP) is 2.48. The predicted molar refractivity (Wildman–Crippen MR) is 71.7 cm³/mol. The number of morpholine rings is 1. The van der Waals surface area contributed by atoms with E-state index < -0.39 is 4.92 Å². The highest BCUT2D eigenvalue weighted by atomic mass is 79.9. The zero-order valence-electron chi connectivity index (χ0n) is 9.06. The van der Waals surface area contributed by atoms with Crippen molar-refractivity contribution in [2.75, 3.05) is 24.7 Å². The molecule has 96 valence electrons. The Balaban J connectivity index is 2.54. The van der Waals surface area contributed by atoms with E-state index in [9.17, 15) is 14.9 Å². The van der Waals surface area contributed by atoms with Crippen molar-refractivity contribution < 1.29 is 14.5 Å². The Hall–Kier alpha value is -0.990. The van der Waals surface area contributed by atoms with E-state index in [-0.39, 0.29) is 23.9 Å². The molecule has 1 amide bonds. The van der Waals surface area contributed by atoms with Crippen LogP contribution in [0.1, 0.15) is 0 Å². The second-order valence-corrected chi connectivity index (χ2v) is 5.38. The summed E-state index contributed by atoms with van der Waals surface area (Å²) in [6.07, 6.45) is 0. The van der Waals surface area contributed by atoms with E-state index in [1.54, 1.807) is 6.07 Å². The molecular weight excluding hydrogens is 372 g/mol. The monoisotopic (exact) mass is 378 g/mol. The van der Waals surface area contributed by atoms with Crippen molar-refractivity contribution in [2.24, 2.45) is 0 Å². The highest BCUT2D eigenvalue weighted by Crippen LogP contribution is 2.39. The zero-order valence-corrected chi connectivity index (χ0v) is 12.2. The molecule has 2 rings (SSSR count). The van der Waals surface area contributed by atoms with Crippen molar-refractivity contribution >= 4 is 49.1 Å². The number of nitro groups is 1. The average Bonchev–Trinajstić information content (AvgIpc) is 2.29. The lowest BCUT2D eigenvalue weighted by Crippen LogP contribution is -2.42. The Morgan fingerprint density at radius 2 is 2.11 bits per heavy atom. The Morgan fingerprint density at radius 3 is 2.72 bits per heavy atom. The maximum absolute atomic E-state index is 11.8. The van der Waals surface area contributed by atoms with Gasteiger partial charge in [-0.25, -0.2) is 0 Å². The van der Waals surface area contributed by atoms with Crippen LogP contribution in [-0.2, 0) is 9.53 Å².